The van der Waals surface area contributed by atoms with E-state index in [0.717, 1.165) is 63.7 Å². The highest BCUT2D eigenvalue weighted by molar-refractivity contribution is 5.52. The summed E-state index contributed by atoms with van der Waals surface area (Å²) in [6.07, 6.45) is 17.9. The van der Waals surface area contributed by atoms with E-state index in [1.54, 1.807) is 0 Å². The number of benzene rings is 1. The molecule has 3 fully saturated rings. The van der Waals surface area contributed by atoms with E-state index in [9.17, 15) is 0 Å². The lowest BCUT2D eigenvalue weighted by molar-refractivity contribution is 0.156. The Morgan fingerprint density at radius 3 is 2.10 bits per heavy atom. The van der Waals surface area contributed by atoms with Crippen molar-refractivity contribution in [2.45, 2.75) is 109 Å². The number of aromatic nitrogens is 2. The van der Waals surface area contributed by atoms with Crippen LogP contribution in [0.5, 0.6) is 0 Å². The van der Waals surface area contributed by atoms with Gasteiger partial charge in [0.25, 0.3) is 0 Å². The molecule has 2 aromatic rings. The highest BCUT2D eigenvalue weighted by atomic mass is 15.3. The van der Waals surface area contributed by atoms with Crippen molar-refractivity contribution in [2.75, 3.05) is 55.2 Å². The van der Waals surface area contributed by atoms with E-state index in [4.69, 9.17) is 10.7 Å². The van der Waals surface area contributed by atoms with Crippen molar-refractivity contribution in [1.29, 1.82) is 0 Å². The first-order chi connectivity index (χ1) is 20.2. The number of nitrogens with two attached hydrogens (primary N) is 1. The van der Waals surface area contributed by atoms with Gasteiger partial charge in [-0.25, -0.2) is 0 Å². The number of nitrogens with one attached hydrogen (secondary N) is 3. The fourth-order valence-electron chi connectivity index (χ4n) is 6.82. The molecule has 0 amide bonds. The highest BCUT2D eigenvalue weighted by Crippen LogP contribution is 2.25. The first-order valence-corrected chi connectivity index (χ1v) is 16.6. The summed E-state index contributed by atoms with van der Waals surface area (Å²) >= 11 is 0. The van der Waals surface area contributed by atoms with Crippen molar-refractivity contribution in [1.82, 2.24) is 25.5 Å². The van der Waals surface area contributed by atoms with Gasteiger partial charge in [-0.1, -0.05) is 75.6 Å². The molecule has 2 saturated carbocycles. The van der Waals surface area contributed by atoms with Crippen LogP contribution < -0.4 is 26.6 Å². The zero-order valence-corrected chi connectivity index (χ0v) is 25.3. The SMILES string of the molecule is Nc1cc(N2CCN(C3CCCCCCC3)CC2)nc(NCc2ccc(CNCCCNC3CCCCC3)cc2)n1. The van der Waals surface area contributed by atoms with Gasteiger partial charge in [0.15, 0.2) is 0 Å². The van der Waals surface area contributed by atoms with Crippen LogP contribution in [-0.2, 0) is 13.1 Å². The molecule has 1 saturated heterocycles. The van der Waals surface area contributed by atoms with Crippen molar-refractivity contribution in [3.05, 3.63) is 41.5 Å². The molecule has 8 nitrogen and oxygen atoms in total. The van der Waals surface area contributed by atoms with Crippen molar-refractivity contribution in [3.8, 4) is 0 Å². The van der Waals surface area contributed by atoms with Crippen LogP contribution in [0.4, 0.5) is 17.6 Å². The monoisotopic (exact) mass is 562 g/mol. The van der Waals surface area contributed by atoms with Gasteiger partial charge in [-0.3, -0.25) is 4.90 Å². The maximum Gasteiger partial charge on any atom is 0.226 e. The Morgan fingerprint density at radius 1 is 0.732 bits per heavy atom. The van der Waals surface area contributed by atoms with E-state index in [2.05, 4.69) is 55.0 Å². The second-order valence-electron chi connectivity index (χ2n) is 12.5. The first kappa shape index (κ1) is 30.1. The van der Waals surface area contributed by atoms with E-state index in [0.29, 0.717) is 18.3 Å². The molecule has 0 atom stereocenters. The molecule has 1 aromatic heterocycles. The molecule has 0 spiro atoms. The minimum Gasteiger partial charge on any atom is -0.383 e. The topological polar surface area (TPSA) is 94.4 Å². The van der Waals surface area contributed by atoms with Gasteiger partial charge in [0.2, 0.25) is 5.95 Å². The standard InChI is InChI=1S/C33H54N8/c34-31-24-32(41-22-20-40(21-23-41)30-12-7-2-1-3-8-13-30)39-33(38-31)37-26-28-16-14-27(15-17-28)25-35-18-9-19-36-29-10-5-4-6-11-29/h14-17,24,29-30,35-36H,1-13,18-23,25-26H2,(H3,34,37,38,39). The van der Waals surface area contributed by atoms with E-state index >= 15 is 0 Å². The number of nitrogen functional groups attached to an aromatic ring is 1. The Kier molecular flexibility index (Phi) is 11.9. The number of piperazine rings is 1. The third-order valence-electron chi connectivity index (χ3n) is 9.33. The molecule has 3 aliphatic rings. The average molecular weight is 563 g/mol. The largest absolute Gasteiger partial charge is 0.383 e. The maximum absolute atomic E-state index is 6.21. The summed E-state index contributed by atoms with van der Waals surface area (Å²) in [5, 5.41) is 10.7. The molecule has 5 N–H and O–H groups in total. The molecule has 2 aliphatic carbocycles. The summed E-state index contributed by atoms with van der Waals surface area (Å²) in [7, 11) is 0. The molecule has 2 heterocycles. The van der Waals surface area contributed by atoms with Gasteiger partial charge in [-0.2, -0.15) is 9.97 Å². The van der Waals surface area contributed by atoms with Crippen LogP contribution in [0.15, 0.2) is 30.3 Å². The Labute approximate surface area is 248 Å². The first-order valence-electron chi connectivity index (χ1n) is 16.6. The van der Waals surface area contributed by atoms with Crippen molar-refractivity contribution in [2.24, 2.45) is 0 Å². The van der Waals surface area contributed by atoms with E-state index in [1.165, 1.54) is 94.6 Å². The lowest BCUT2D eigenvalue weighted by atomic mass is 9.95. The van der Waals surface area contributed by atoms with Crippen LogP contribution in [0.1, 0.15) is 94.6 Å². The normalized spacial score (nSPS) is 20.0. The third kappa shape index (κ3) is 9.83. The van der Waals surface area contributed by atoms with Crippen LogP contribution in [0, 0.1) is 0 Å². The van der Waals surface area contributed by atoms with Crippen molar-refractivity contribution < 1.29 is 0 Å². The summed E-state index contributed by atoms with van der Waals surface area (Å²) in [6.45, 7) is 7.97. The van der Waals surface area contributed by atoms with Crippen LogP contribution in [0.2, 0.25) is 0 Å². The van der Waals surface area contributed by atoms with Crippen molar-refractivity contribution in [3.63, 3.8) is 0 Å². The van der Waals surface area contributed by atoms with Gasteiger partial charge in [-0.15, -0.1) is 0 Å². The Morgan fingerprint density at radius 2 is 1.37 bits per heavy atom. The molecule has 226 valence electrons. The zero-order valence-electron chi connectivity index (χ0n) is 25.3. The van der Waals surface area contributed by atoms with Gasteiger partial charge in [0.1, 0.15) is 11.6 Å². The molecule has 0 radical (unpaired) electrons. The summed E-state index contributed by atoms with van der Waals surface area (Å²) in [6, 6.07) is 12.2. The summed E-state index contributed by atoms with van der Waals surface area (Å²) < 4.78 is 0. The summed E-state index contributed by atoms with van der Waals surface area (Å²) in [5.74, 6) is 2.07. The van der Waals surface area contributed by atoms with E-state index in [1.807, 2.05) is 6.07 Å². The lowest BCUT2D eigenvalue weighted by Crippen LogP contribution is -2.50. The van der Waals surface area contributed by atoms with Crippen molar-refractivity contribution >= 4 is 17.6 Å². The predicted octanol–water partition coefficient (Wildman–Crippen LogP) is 5.31. The molecule has 8 heteroatoms. The van der Waals surface area contributed by atoms with E-state index in [-0.39, 0.29) is 0 Å². The minimum absolute atomic E-state index is 0.523. The molecular formula is C33H54N8. The maximum atomic E-state index is 6.21. The Balaban J connectivity index is 1.02. The number of anilines is 3. The fraction of sp³-hybridized carbons (Fsp3) is 0.697. The van der Waals surface area contributed by atoms with Crippen LogP contribution in [0.25, 0.3) is 0 Å². The smallest absolute Gasteiger partial charge is 0.226 e. The van der Waals surface area contributed by atoms with Gasteiger partial charge < -0.3 is 26.6 Å². The van der Waals surface area contributed by atoms with Crippen LogP contribution in [-0.4, -0.2) is 66.2 Å². The molecule has 1 aliphatic heterocycles. The van der Waals surface area contributed by atoms with Crippen LogP contribution >= 0.6 is 0 Å². The summed E-state index contributed by atoms with van der Waals surface area (Å²) in [5.41, 5.74) is 8.74. The molecule has 5 rings (SSSR count). The number of hydrogen-bond donors (Lipinski definition) is 4. The lowest BCUT2D eigenvalue weighted by Gasteiger charge is -2.40. The summed E-state index contributed by atoms with van der Waals surface area (Å²) in [4.78, 5) is 14.4. The number of rotatable bonds is 12. The average Bonchev–Trinajstić information content (AvgIpc) is 2.99. The molecule has 1 aromatic carbocycles. The van der Waals surface area contributed by atoms with Crippen LogP contribution in [0.3, 0.4) is 0 Å². The molecule has 0 bridgehead atoms. The fourth-order valence-corrected chi connectivity index (χ4v) is 6.82. The highest BCUT2D eigenvalue weighted by Gasteiger charge is 2.25. The van der Waals surface area contributed by atoms with Gasteiger partial charge >= 0.3 is 0 Å². The Hall–Kier alpha value is -2.42. The number of hydrogen-bond acceptors (Lipinski definition) is 8. The predicted molar refractivity (Wildman–Crippen MR) is 171 cm³/mol. The van der Waals surface area contributed by atoms with Gasteiger partial charge in [0.05, 0.1) is 0 Å². The molecule has 41 heavy (non-hydrogen) atoms. The zero-order chi connectivity index (χ0) is 28.1. The number of nitrogens with zero attached hydrogens (tertiary/aromatic N) is 4. The van der Waals surface area contributed by atoms with Gasteiger partial charge in [-0.05, 0) is 56.3 Å². The second-order valence-corrected chi connectivity index (χ2v) is 12.5. The quantitative estimate of drug-likeness (QED) is 0.259. The minimum atomic E-state index is 0.523. The second kappa shape index (κ2) is 16.3. The molecular weight excluding hydrogens is 508 g/mol. The van der Waals surface area contributed by atoms with Gasteiger partial charge in [0, 0.05) is 57.4 Å². The Bertz CT molecular complexity index is 1010. The van der Waals surface area contributed by atoms with E-state index < -0.39 is 0 Å². The molecule has 0 unspecified atom stereocenters. The third-order valence-corrected chi connectivity index (χ3v) is 9.33.